The van der Waals surface area contributed by atoms with E-state index in [1.54, 1.807) is 29.1 Å². The molecule has 8 nitrogen and oxygen atoms in total. The number of benzene rings is 1. The highest BCUT2D eigenvalue weighted by Gasteiger charge is 2.35. The molecule has 0 saturated carbocycles. The van der Waals surface area contributed by atoms with Gasteiger partial charge in [-0.3, -0.25) is 19.7 Å². The number of alkyl halides is 3. The van der Waals surface area contributed by atoms with Crippen LogP contribution in [0.15, 0.2) is 53.9 Å². The second-order valence-corrected chi connectivity index (χ2v) is 8.02. The third-order valence-electron chi connectivity index (χ3n) is 3.90. The number of halogens is 4. The molecule has 32 heavy (non-hydrogen) atoms. The molecule has 1 amide bonds. The molecule has 0 aliphatic rings. The molecule has 0 radical (unpaired) electrons. The van der Waals surface area contributed by atoms with Crippen molar-refractivity contribution in [1.82, 2.24) is 29.9 Å². The van der Waals surface area contributed by atoms with Crippen LogP contribution in [0.1, 0.15) is 5.01 Å². The number of nitrogens with one attached hydrogen (secondary N) is 1. The average molecular weight is 481 g/mol. The summed E-state index contributed by atoms with van der Waals surface area (Å²) in [5.41, 5.74) is 1.26. The van der Waals surface area contributed by atoms with Gasteiger partial charge in [-0.05, 0) is 36.4 Å². The summed E-state index contributed by atoms with van der Waals surface area (Å²) >= 11 is 1.23. The molecule has 0 saturated heterocycles. The van der Waals surface area contributed by atoms with E-state index in [-0.39, 0.29) is 22.2 Å². The molecule has 0 spiro atoms. The van der Waals surface area contributed by atoms with E-state index >= 15 is 0 Å². The molecular formula is C18H11F4N7OS2. The molecule has 164 valence electrons. The van der Waals surface area contributed by atoms with Crippen LogP contribution in [-0.2, 0) is 11.0 Å². The molecule has 3 aromatic heterocycles. The minimum absolute atomic E-state index is 0.184. The number of carbonyl (C=O) groups is 1. The van der Waals surface area contributed by atoms with Gasteiger partial charge in [0.15, 0.2) is 11.0 Å². The van der Waals surface area contributed by atoms with Gasteiger partial charge in [0.05, 0.1) is 5.75 Å². The number of pyridine rings is 1. The van der Waals surface area contributed by atoms with E-state index in [1.165, 1.54) is 24.3 Å². The Bertz CT molecular complexity index is 1230. The fourth-order valence-corrected chi connectivity index (χ4v) is 3.93. The summed E-state index contributed by atoms with van der Waals surface area (Å²) in [4.78, 5) is 16.2. The van der Waals surface area contributed by atoms with Crippen LogP contribution < -0.4 is 5.32 Å². The maximum absolute atomic E-state index is 13.4. The standard InChI is InChI=1S/C18H11F4N7OS2/c19-11-1-3-12(4-2-11)29-14(10-5-7-23-8-6-10)25-28-17(29)31-9-13(30)24-16-27-26-15(32-16)18(20,21)22/h1-8H,9H2,(H,24,27,30). The van der Waals surface area contributed by atoms with Crippen molar-refractivity contribution in [2.75, 3.05) is 11.1 Å². The Labute approximate surface area is 185 Å². The minimum Gasteiger partial charge on any atom is -0.300 e. The summed E-state index contributed by atoms with van der Waals surface area (Å²) < 4.78 is 52.9. The van der Waals surface area contributed by atoms with Gasteiger partial charge in [0.25, 0.3) is 0 Å². The first-order valence-electron chi connectivity index (χ1n) is 8.76. The highest BCUT2D eigenvalue weighted by Crippen LogP contribution is 2.33. The molecule has 4 aromatic rings. The Morgan fingerprint density at radius 3 is 2.41 bits per heavy atom. The van der Waals surface area contributed by atoms with Gasteiger partial charge in [0, 0.05) is 23.6 Å². The molecule has 0 unspecified atom stereocenters. The molecule has 0 bridgehead atoms. The van der Waals surface area contributed by atoms with Crippen LogP contribution in [0.4, 0.5) is 22.7 Å². The second-order valence-electron chi connectivity index (χ2n) is 6.10. The molecule has 4 rings (SSSR count). The topological polar surface area (TPSA) is 98.5 Å². The van der Waals surface area contributed by atoms with E-state index in [1.807, 2.05) is 0 Å². The number of carbonyl (C=O) groups excluding carboxylic acids is 1. The van der Waals surface area contributed by atoms with Gasteiger partial charge in [0.1, 0.15) is 5.82 Å². The Kier molecular flexibility index (Phi) is 6.14. The third-order valence-corrected chi connectivity index (χ3v) is 5.72. The Morgan fingerprint density at radius 2 is 1.75 bits per heavy atom. The molecule has 0 aliphatic heterocycles. The molecular weight excluding hydrogens is 470 g/mol. The molecule has 14 heteroatoms. The van der Waals surface area contributed by atoms with Crippen LogP contribution in [0.25, 0.3) is 17.1 Å². The monoisotopic (exact) mass is 481 g/mol. The fourth-order valence-electron chi connectivity index (χ4n) is 2.55. The van der Waals surface area contributed by atoms with Crippen molar-refractivity contribution in [3.63, 3.8) is 0 Å². The lowest BCUT2D eigenvalue weighted by Gasteiger charge is -2.10. The lowest BCUT2D eigenvalue weighted by molar-refractivity contribution is -0.138. The van der Waals surface area contributed by atoms with Crippen molar-refractivity contribution >= 4 is 34.1 Å². The van der Waals surface area contributed by atoms with Crippen LogP contribution in [0, 0.1) is 5.82 Å². The van der Waals surface area contributed by atoms with Gasteiger partial charge in [-0.1, -0.05) is 23.1 Å². The maximum Gasteiger partial charge on any atom is 0.445 e. The number of aromatic nitrogens is 6. The van der Waals surface area contributed by atoms with Crippen LogP contribution in [0.2, 0.25) is 0 Å². The minimum atomic E-state index is -4.63. The first kappa shape index (κ1) is 21.8. The van der Waals surface area contributed by atoms with Gasteiger partial charge in [-0.15, -0.1) is 20.4 Å². The average Bonchev–Trinajstić information content (AvgIpc) is 3.41. The van der Waals surface area contributed by atoms with E-state index in [4.69, 9.17) is 0 Å². The zero-order chi connectivity index (χ0) is 22.7. The number of hydrogen-bond acceptors (Lipinski definition) is 8. The van der Waals surface area contributed by atoms with Crippen molar-refractivity contribution in [3.05, 3.63) is 59.6 Å². The third kappa shape index (κ3) is 4.91. The van der Waals surface area contributed by atoms with Crippen molar-refractivity contribution in [2.24, 2.45) is 0 Å². The van der Waals surface area contributed by atoms with Gasteiger partial charge in [-0.25, -0.2) is 4.39 Å². The van der Waals surface area contributed by atoms with E-state index < -0.39 is 22.9 Å². The molecule has 0 atom stereocenters. The summed E-state index contributed by atoms with van der Waals surface area (Å²) in [6, 6.07) is 9.07. The van der Waals surface area contributed by atoms with E-state index in [9.17, 15) is 22.4 Å². The smallest absolute Gasteiger partial charge is 0.300 e. The lowest BCUT2D eigenvalue weighted by Crippen LogP contribution is -2.14. The van der Waals surface area contributed by atoms with Crippen molar-refractivity contribution in [1.29, 1.82) is 0 Å². The maximum atomic E-state index is 13.4. The summed E-state index contributed by atoms with van der Waals surface area (Å²) in [6.07, 6.45) is -1.47. The summed E-state index contributed by atoms with van der Waals surface area (Å²) in [5, 5.41) is 15.8. The molecule has 1 N–H and O–H groups in total. The van der Waals surface area contributed by atoms with Gasteiger partial charge < -0.3 is 0 Å². The first-order valence-corrected chi connectivity index (χ1v) is 10.6. The molecule has 3 heterocycles. The highest BCUT2D eigenvalue weighted by molar-refractivity contribution is 7.99. The second kappa shape index (κ2) is 9.00. The Hall–Kier alpha value is -3.39. The number of hydrogen-bond donors (Lipinski definition) is 1. The quantitative estimate of drug-likeness (QED) is 0.327. The van der Waals surface area contributed by atoms with E-state index in [2.05, 4.69) is 30.7 Å². The molecule has 0 aliphatic carbocycles. The highest BCUT2D eigenvalue weighted by atomic mass is 32.2. The van der Waals surface area contributed by atoms with Crippen molar-refractivity contribution in [2.45, 2.75) is 11.3 Å². The first-order chi connectivity index (χ1) is 15.3. The summed E-state index contributed by atoms with van der Waals surface area (Å²) in [5.74, 6) is -0.757. The largest absolute Gasteiger partial charge is 0.445 e. The van der Waals surface area contributed by atoms with Crippen LogP contribution >= 0.6 is 23.1 Å². The number of amides is 1. The summed E-state index contributed by atoms with van der Waals surface area (Å²) in [6.45, 7) is 0. The number of anilines is 1. The number of rotatable bonds is 6. The zero-order valence-corrected chi connectivity index (χ0v) is 17.4. The normalized spacial score (nSPS) is 11.5. The Morgan fingerprint density at radius 1 is 1.03 bits per heavy atom. The van der Waals surface area contributed by atoms with E-state index in [0.717, 1.165) is 11.8 Å². The number of nitrogens with zero attached hydrogens (tertiary/aromatic N) is 6. The lowest BCUT2D eigenvalue weighted by atomic mass is 10.2. The van der Waals surface area contributed by atoms with Gasteiger partial charge >= 0.3 is 6.18 Å². The Balaban J connectivity index is 1.54. The SMILES string of the molecule is O=C(CSc1nnc(-c2ccncc2)n1-c1ccc(F)cc1)Nc1nnc(C(F)(F)F)s1. The predicted octanol–water partition coefficient (Wildman–Crippen LogP) is 4.07. The van der Waals surface area contributed by atoms with E-state index in [0.29, 0.717) is 22.2 Å². The van der Waals surface area contributed by atoms with Crippen molar-refractivity contribution in [3.8, 4) is 17.1 Å². The van der Waals surface area contributed by atoms with Gasteiger partial charge in [0.2, 0.25) is 16.0 Å². The molecule has 1 aromatic carbocycles. The van der Waals surface area contributed by atoms with Crippen molar-refractivity contribution < 1.29 is 22.4 Å². The van der Waals surface area contributed by atoms with Crippen LogP contribution in [0.3, 0.4) is 0 Å². The fraction of sp³-hybridized carbons (Fsp3) is 0.111. The zero-order valence-electron chi connectivity index (χ0n) is 15.7. The number of thioether (sulfide) groups is 1. The van der Waals surface area contributed by atoms with Crippen LogP contribution in [0.5, 0.6) is 0 Å². The summed E-state index contributed by atoms with van der Waals surface area (Å²) in [7, 11) is 0. The van der Waals surface area contributed by atoms with Gasteiger partial charge in [-0.2, -0.15) is 13.2 Å². The molecule has 0 fully saturated rings. The predicted molar refractivity (Wildman–Crippen MR) is 109 cm³/mol. The van der Waals surface area contributed by atoms with Crippen LogP contribution in [-0.4, -0.2) is 41.6 Å².